The van der Waals surface area contributed by atoms with Crippen LogP contribution in [0.4, 0.5) is 0 Å². The SMILES string of the molecule is CCCCCCCCCCC/C=C/C(O)C(CO)NC(=O)CCCCCCC/C=C\CCCCCOC(=O)CCCCCCCCCCCCCCCCCC. The molecule has 0 heterocycles. The van der Waals surface area contributed by atoms with E-state index in [1.165, 1.54) is 154 Å². The van der Waals surface area contributed by atoms with Crippen molar-refractivity contribution in [2.45, 2.75) is 270 Å². The van der Waals surface area contributed by atoms with Crippen molar-refractivity contribution in [1.82, 2.24) is 5.32 Å². The van der Waals surface area contributed by atoms with Crippen LogP contribution in [0.15, 0.2) is 24.3 Å². The lowest BCUT2D eigenvalue weighted by atomic mass is 10.0. The molecule has 56 heavy (non-hydrogen) atoms. The molecule has 0 saturated carbocycles. The Hall–Kier alpha value is -1.66. The zero-order chi connectivity index (χ0) is 40.8. The van der Waals surface area contributed by atoms with Gasteiger partial charge in [-0.15, -0.1) is 0 Å². The molecular formula is C50H95NO5. The van der Waals surface area contributed by atoms with Crippen LogP contribution in [0, 0.1) is 0 Å². The third-order valence-electron chi connectivity index (χ3n) is 11.2. The minimum absolute atomic E-state index is 0.0217. The van der Waals surface area contributed by atoms with Gasteiger partial charge in [-0.2, -0.15) is 0 Å². The molecule has 330 valence electrons. The zero-order valence-corrected chi connectivity index (χ0v) is 37.4. The lowest BCUT2D eigenvalue weighted by molar-refractivity contribution is -0.143. The predicted octanol–water partition coefficient (Wildman–Crippen LogP) is 14.3. The fourth-order valence-corrected chi connectivity index (χ4v) is 7.39. The van der Waals surface area contributed by atoms with Crippen molar-refractivity contribution >= 4 is 11.9 Å². The van der Waals surface area contributed by atoms with Gasteiger partial charge >= 0.3 is 5.97 Å². The maximum absolute atomic E-state index is 12.4. The number of hydrogen-bond acceptors (Lipinski definition) is 5. The highest BCUT2D eigenvalue weighted by Gasteiger charge is 2.18. The number of hydrogen-bond donors (Lipinski definition) is 3. The Bertz CT molecular complexity index is 874. The molecule has 3 N–H and O–H groups in total. The first kappa shape index (κ1) is 54.3. The van der Waals surface area contributed by atoms with E-state index in [1.54, 1.807) is 6.08 Å². The smallest absolute Gasteiger partial charge is 0.305 e. The number of aliphatic hydroxyl groups excluding tert-OH is 2. The molecule has 0 aromatic rings. The van der Waals surface area contributed by atoms with Crippen LogP contribution in [0.25, 0.3) is 0 Å². The molecule has 1 amide bonds. The number of nitrogens with one attached hydrogen (secondary N) is 1. The van der Waals surface area contributed by atoms with Gasteiger partial charge < -0.3 is 20.3 Å². The van der Waals surface area contributed by atoms with E-state index in [2.05, 4.69) is 31.3 Å². The molecule has 0 aliphatic carbocycles. The van der Waals surface area contributed by atoms with E-state index >= 15 is 0 Å². The van der Waals surface area contributed by atoms with Crippen LogP contribution >= 0.6 is 0 Å². The van der Waals surface area contributed by atoms with E-state index in [9.17, 15) is 19.8 Å². The number of rotatable bonds is 45. The maximum Gasteiger partial charge on any atom is 0.305 e. The Labute approximate surface area is 348 Å². The van der Waals surface area contributed by atoms with Crippen LogP contribution in [-0.4, -0.2) is 47.4 Å². The largest absolute Gasteiger partial charge is 0.466 e. The van der Waals surface area contributed by atoms with Gasteiger partial charge in [-0.25, -0.2) is 0 Å². The first-order valence-corrected chi connectivity index (χ1v) is 24.6. The first-order valence-electron chi connectivity index (χ1n) is 24.6. The summed E-state index contributed by atoms with van der Waals surface area (Å²) in [5.74, 6) is -0.117. The molecule has 0 radical (unpaired) electrons. The van der Waals surface area contributed by atoms with Crippen LogP contribution in [0.3, 0.4) is 0 Å². The number of carbonyl (C=O) groups excluding carboxylic acids is 2. The number of carbonyl (C=O) groups is 2. The lowest BCUT2D eigenvalue weighted by Gasteiger charge is -2.20. The third-order valence-corrected chi connectivity index (χ3v) is 11.2. The molecule has 0 aromatic carbocycles. The second-order valence-corrected chi connectivity index (χ2v) is 16.8. The van der Waals surface area contributed by atoms with Crippen molar-refractivity contribution in [3.8, 4) is 0 Å². The average Bonchev–Trinajstić information content (AvgIpc) is 3.20. The molecule has 0 aliphatic rings. The van der Waals surface area contributed by atoms with Crippen LogP contribution < -0.4 is 5.32 Å². The summed E-state index contributed by atoms with van der Waals surface area (Å²) in [5.41, 5.74) is 0. The summed E-state index contributed by atoms with van der Waals surface area (Å²) in [7, 11) is 0. The van der Waals surface area contributed by atoms with Gasteiger partial charge in [0, 0.05) is 12.8 Å². The summed E-state index contributed by atoms with van der Waals surface area (Å²) >= 11 is 0. The van der Waals surface area contributed by atoms with Gasteiger partial charge in [0.1, 0.15) is 0 Å². The molecular weight excluding hydrogens is 695 g/mol. The van der Waals surface area contributed by atoms with Crippen molar-refractivity contribution < 1.29 is 24.5 Å². The zero-order valence-electron chi connectivity index (χ0n) is 37.4. The molecule has 2 unspecified atom stereocenters. The number of ether oxygens (including phenoxy) is 1. The summed E-state index contributed by atoms with van der Waals surface area (Å²) in [5, 5.41) is 22.9. The van der Waals surface area contributed by atoms with Crippen LogP contribution in [-0.2, 0) is 14.3 Å². The highest BCUT2D eigenvalue weighted by atomic mass is 16.5. The van der Waals surface area contributed by atoms with Gasteiger partial charge in [-0.1, -0.05) is 205 Å². The second kappa shape index (κ2) is 46.0. The first-order chi connectivity index (χ1) is 27.5. The van der Waals surface area contributed by atoms with E-state index in [1.807, 2.05) is 6.08 Å². The van der Waals surface area contributed by atoms with Gasteiger partial charge in [0.2, 0.25) is 5.91 Å². The van der Waals surface area contributed by atoms with Crippen molar-refractivity contribution in [2.24, 2.45) is 0 Å². The Morgan fingerprint density at radius 3 is 1.27 bits per heavy atom. The normalized spacial score (nSPS) is 12.9. The Kier molecular flexibility index (Phi) is 44.7. The number of aliphatic hydroxyl groups is 2. The number of allylic oxidation sites excluding steroid dienone is 3. The fraction of sp³-hybridized carbons (Fsp3) is 0.880. The average molecular weight is 790 g/mol. The summed E-state index contributed by atoms with van der Waals surface area (Å²) in [6.07, 6.45) is 53.2. The minimum Gasteiger partial charge on any atom is -0.466 e. The number of unbranched alkanes of at least 4 members (excludes halogenated alkanes) is 32. The molecule has 6 nitrogen and oxygen atoms in total. The molecule has 0 fully saturated rings. The number of esters is 1. The third kappa shape index (κ3) is 42.0. The van der Waals surface area contributed by atoms with Crippen LogP contribution in [0.2, 0.25) is 0 Å². The van der Waals surface area contributed by atoms with Crippen molar-refractivity contribution in [3.05, 3.63) is 24.3 Å². The topological polar surface area (TPSA) is 95.9 Å². The van der Waals surface area contributed by atoms with Crippen LogP contribution in [0.5, 0.6) is 0 Å². The molecule has 6 heteroatoms. The van der Waals surface area contributed by atoms with Crippen molar-refractivity contribution in [2.75, 3.05) is 13.2 Å². The molecule has 0 aromatic heterocycles. The monoisotopic (exact) mass is 790 g/mol. The summed E-state index contributed by atoms with van der Waals surface area (Å²) in [6, 6.07) is -0.644. The molecule has 0 aliphatic heterocycles. The number of amides is 1. The molecule has 0 rings (SSSR count). The van der Waals surface area contributed by atoms with Gasteiger partial charge in [-0.3, -0.25) is 9.59 Å². The Morgan fingerprint density at radius 2 is 0.839 bits per heavy atom. The summed E-state index contributed by atoms with van der Waals surface area (Å²) in [6.45, 7) is 4.83. The lowest BCUT2D eigenvalue weighted by Crippen LogP contribution is -2.45. The van der Waals surface area contributed by atoms with Gasteiger partial charge in [0.05, 0.1) is 25.4 Å². The Balaban J connectivity index is 3.51. The quantitative estimate of drug-likeness (QED) is 0.0324. The van der Waals surface area contributed by atoms with Crippen molar-refractivity contribution in [3.63, 3.8) is 0 Å². The van der Waals surface area contributed by atoms with Crippen molar-refractivity contribution in [1.29, 1.82) is 0 Å². The van der Waals surface area contributed by atoms with Gasteiger partial charge in [-0.05, 0) is 64.2 Å². The standard InChI is InChI=1S/C50H95NO5/c1-3-5-7-9-11-13-15-16-17-18-19-24-28-32-36-40-44-50(55)56-45-41-37-33-29-25-21-20-23-27-31-35-39-43-49(54)51-47(46-52)48(53)42-38-34-30-26-22-14-12-10-8-6-4-2/h21,25,38,42,47-48,52-53H,3-20,22-24,26-37,39-41,43-46H2,1-2H3,(H,51,54)/b25-21-,42-38+. The highest BCUT2D eigenvalue weighted by molar-refractivity contribution is 5.76. The highest BCUT2D eigenvalue weighted by Crippen LogP contribution is 2.15. The van der Waals surface area contributed by atoms with Gasteiger partial charge in [0.15, 0.2) is 0 Å². The second-order valence-electron chi connectivity index (χ2n) is 16.8. The minimum atomic E-state index is -0.858. The fourth-order valence-electron chi connectivity index (χ4n) is 7.39. The molecule has 0 saturated heterocycles. The van der Waals surface area contributed by atoms with Crippen LogP contribution in [0.1, 0.15) is 258 Å². The maximum atomic E-state index is 12.4. The van der Waals surface area contributed by atoms with E-state index in [0.29, 0.717) is 19.4 Å². The van der Waals surface area contributed by atoms with E-state index in [-0.39, 0.29) is 18.5 Å². The Morgan fingerprint density at radius 1 is 0.482 bits per heavy atom. The molecule has 0 spiro atoms. The van der Waals surface area contributed by atoms with E-state index in [0.717, 1.165) is 77.0 Å². The van der Waals surface area contributed by atoms with Gasteiger partial charge in [0.25, 0.3) is 0 Å². The van der Waals surface area contributed by atoms with E-state index < -0.39 is 12.1 Å². The molecule has 2 atom stereocenters. The summed E-state index contributed by atoms with van der Waals surface area (Å²) in [4.78, 5) is 24.4. The molecule has 0 bridgehead atoms. The summed E-state index contributed by atoms with van der Waals surface area (Å²) < 4.78 is 5.45. The van der Waals surface area contributed by atoms with E-state index in [4.69, 9.17) is 4.74 Å². The predicted molar refractivity (Wildman–Crippen MR) is 241 cm³/mol.